The largest absolute Gasteiger partial charge is 0.314 e. The Kier molecular flexibility index (Phi) is 1.91. The quantitative estimate of drug-likeness (QED) is 0.560. The Labute approximate surface area is 62.6 Å². The first-order valence-electron chi connectivity index (χ1n) is 4.25. The molecule has 1 N–H and O–H groups in total. The third-order valence-electron chi connectivity index (χ3n) is 2.52. The maximum absolute atomic E-state index is 3.36. The van der Waals surface area contributed by atoms with Crippen LogP contribution in [0.25, 0.3) is 0 Å². The number of hydrogen-bond acceptors (Lipinski definition) is 2. The van der Waals surface area contributed by atoms with Crippen LogP contribution in [0, 0.1) is 6.42 Å². The molecule has 0 aromatic rings. The van der Waals surface area contributed by atoms with Gasteiger partial charge in [0.15, 0.2) is 0 Å². The van der Waals surface area contributed by atoms with E-state index in [2.05, 4.69) is 16.6 Å². The van der Waals surface area contributed by atoms with Gasteiger partial charge in [-0.25, -0.2) is 0 Å². The highest BCUT2D eigenvalue weighted by Gasteiger charge is 2.25. The lowest BCUT2D eigenvalue weighted by Gasteiger charge is -2.39. The van der Waals surface area contributed by atoms with E-state index in [1.165, 1.54) is 39.0 Å². The van der Waals surface area contributed by atoms with E-state index in [0.717, 1.165) is 6.04 Å². The number of rotatable bonds is 1. The second kappa shape index (κ2) is 2.89. The predicted molar refractivity (Wildman–Crippen MR) is 41.8 cm³/mol. The SMILES string of the molecule is [CH]1CCC1N1CCNCC1. The summed E-state index contributed by atoms with van der Waals surface area (Å²) in [4.78, 5) is 2.58. The van der Waals surface area contributed by atoms with Crippen molar-refractivity contribution in [2.45, 2.75) is 18.9 Å². The summed E-state index contributed by atoms with van der Waals surface area (Å²) in [5.74, 6) is 0. The molecular weight excluding hydrogens is 124 g/mol. The van der Waals surface area contributed by atoms with Crippen LogP contribution in [0.1, 0.15) is 12.8 Å². The fourth-order valence-corrected chi connectivity index (χ4v) is 1.66. The Hall–Kier alpha value is -0.0800. The standard InChI is InChI=1S/C8H15N2/c1-2-8(3-1)10-6-4-9-5-7-10/h2,8-9H,1,3-7H2. The molecule has 1 radical (unpaired) electrons. The van der Waals surface area contributed by atoms with Crippen molar-refractivity contribution in [1.29, 1.82) is 0 Å². The Morgan fingerprint density at radius 2 is 2.00 bits per heavy atom. The molecule has 0 spiro atoms. The lowest BCUT2D eigenvalue weighted by Crippen LogP contribution is -2.50. The highest BCUT2D eigenvalue weighted by atomic mass is 15.2. The van der Waals surface area contributed by atoms with Crippen molar-refractivity contribution in [3.8, 4) is 0 Å². The van der Waals surface area contributed by atoms with Gasteiger partial charge in [0.1, 0.15) is 0 Å². The van der Waals surface area contributed by atoms with Crippen LogP contribution in [-0.4, -0.2) is 37.1 Å². The highest BCUT2D eigenvalue weighted by molar-refractivity contribution is 4.96. The maximum atomic E-state index is 3.36. The summed E-state index contributed by atoms with van der Waals surface area (Å²) in [5.41, 5.74) is 0. The molecule has 1 saturated carbocycles. The molecule has 1 aliphatic heterocycles. The summed E-state index contributed by atoms with van der Waals surface area (Å²) in [6.45, 7) is 4.87. The summed E-state index contributed by atoms with van der Waals surface area (Å²) in [6.07, 6.45) is 5.18. The van der Waals surface area contributed by atoms with Gasteiger partial charge in [-0.1, -0.05) is 0 Å². The average Bonchev–Trinajstić information content (AvgIpc) is 1.86. The second-order valence-electron chi connectivity index (χ2n) is 3.17. The van der Waals surface area contributed by atoms with Crippen LogP contribution in [0.3, 0.4) is 0 Å². The molecule has 2 rings (SSSR count). The molecule has 1 saturated heterocycles. The predicted octanol–water partition coefficient (Wildman–Crippen LogP) is 0.258. The Morgan fingerprint density at radius 3 is 2.50 bits per heavy atom. The lowest BCUT2D eigenvalue weighted by atomic mass is 9.91. The molecule has 1 unspecified atom stereocenters. The van der Waals surface area contributed by atoms with Crippen molar-refractivity contribution in [2.24, 2.45) is 0 Å². The summed E-state index contributed by atoms with van der Waals surface area (Å²) in [6, 6.07) is 0.835. The molecule has 2 fully saturated rings. The number of hydrogen-bond donors (Lipinski definition) is 1. The molecule has 1 heterocycles. The van der Waals surface area contributed by atoms with Crippen LogP contribution in [0.2, 0.25) is 0 Å². The van der Waals surface area contributed by atoms with Crippen LogP contribution in [0.4, 0.5) is 0 Å². The molecule has 1 aliphatic carbocycles. The van der Waals surface area contributed by atoms with Crippen LogP contribution in [0.15, 0.2) is 0 Å². The fourth-order valence-electron chi connectivity index (χ4n) is 1.66. The van der Waals surface area contributed by atoms with Gasteiger partial charge in [-0.05, 0) is 19.3 Å². The molecule has 1 atom stereocenters. The van der Waals surface area contributed by atoms with Gasteiger partial charge in [-0.15, -0.1) is 0 Å². The minimum absolute atomic E-state index is 0.835. The summed E-state index contributed by atoms with van der Waals surface area (Å²) < 4.78 is 0. The number of nitrogens with one attached hydrogen (secondary N) is 1. The molecule has 10 heavy (non-hydrogen) atoms. The number of nitrogens with zero attached hydrogens (tertiary/aromatic N) is 1. The van der Waals surface area contributed by atoms with Crippen molar-refractivity contribution in [1.82, 2.24) is 10.2 Å². The van der Waals surface area contributed by atoms with Crippen LogP contribution >= 0.6 is 0 Å². The second-order valence-corrected chi connectivity index (χ2v) is 3.17. The van der Waals surface area contributed by atoms with Crippen molar-refractivity contribution < 1.29 is 0 Å². The first-order valence-corrected chi connectivity index (χ1v) is 4.25. The lowest BCUT2D eigenvalue weighted by molar-refractivity contribution is 0.154. The van der Waals surface area contributed by atoms with Gasteiger partial charge in [0, 0.05) is 32.2 Å². The van der Waals surface area contributed by atoms with Crippen molar-refractivity contribution in [2.75, 3.05) is 26.2 Å². The van der Waals surface area contributed by atoms with E-state index in [-0.39, 0.29) is 0 Å². The minimum atomic E-state index is 0.835. The molecule has 57 valence electrons. The molecule has 2 nitrogen and oxygen atoms in total. The fraction of sp³-hybridized carbons (Fsp3) is 0.875. The first kappa shape index (κ1) is 6.62. The average molecular weight is 139 g/mol. The van der Waals surface area contributed by atoms with E-state index in [9.17, 15) is 0 Å². The van der Waals surface area contributed by atoms with Crippen molar-refractivity contribution in [3.63, 3.8) is 0 Å². The van der Waals surface area contributed by atoms with E-state index in [4.69, 9.17) is 0 Å². The zero-order valence-electron chi connectivity index (χ0n) is 6.34. The Balaban J connectivity index is 1.78. The molecule has 0 bridgehead atoms. The van der Waals surface area contributed by atoms with E-state index in [1.807, 2.05) is 0 Å². The van der Waals surface area contributed by atoms with Gasteiger partial charge in [-0.3, -0.25) is 4.90 Å². The molecule has 0 aromatic carbocycles. The van der Waals surface area contributed by atoms with Crippen LogP contribution in [-0.2, 0) is 0 Å². The van der Waals surface area contributed by atoms with Crippen molar-refractivity contribution >= 4 is 0 Å². The van der Waals surface area contributed by atoms with E-state index >= 15 is 0 Å². The van der Waals surface area contributed by atoms with Gasteiger partial charge >= 0.3 is 0 Å². The maximum Gasteiger partial charge on any atom is 0.0128 e. The smallest absolute Gasteiger partial charge is 0.0128 e. The summed E-state index contributed by atoms with van der Waals surface area (Å²) in [5, 5.41) is 3.36. The molecular formula is C8H15N2. The van der Waals surface area contributed by atoms with Gasteiger partial charge in [0.2, 0.25) is 0 Å². The van der Waals surface area contributed by atoms with E-state index in [0.29, 0.717) is 0 Å². The van der Waals surface area contributed by atoms with E-state index in [1.54, 1.807) is 0 Å². The van der Waals surface area contributed by atoms with Gasteiger partial charge in [-0.2, -0.15) is 0 Å². The normalized spacial score (nSPS) is 30.0. The van der Waals surface area contributed by atoms with Crippen molar-refractivity contribution in [3.05, 3.63) is 6.42 Å². The van der Waals surface area contributed by atoms with E-state index < -0.39 is 0 Å². The minimum Gasteiger partial charge on any atom is -0.314 e. The number of piperazine rings is 1. The Bertz CT molecular complexity index is 104. The highest BCUT2D eigenvalue weighted by Crippen LogP contribution is 2.23. The molecule has 0 aromatic heterocycles. The van der Waals surface area contributed by atoms with Crippen LogP contribution < -0.4 is 5.32 Å². The topological polar surface area (TPSA) is 15.3 Å². The first-order chi connectivity index (χ1) is 4.97. The zero-order chi connectivity index (χ0) is 6.81. The van der Waals surface area contributed by atoms with Gasteiger partial charge in [0.25, 0.3) is 0 Å². The van der Waals surface area contributed by atoms with Crippen LogP contribution in [0.5, 0.6) is 0 Å². The molecule has 2 heteroatoms. The Morgan fingerprint density at radius 1 is 1.30 bits per heavy atom. The zero-order valence-corrected chi connectivity index (χ0v) is 6.34. The van der Waals surface area contributed by atoms with Gasteiger partial charge in [0.05, 0.1) is 0 Å². The van der Waals surface area contributed by atoms with Gasteiger partial charge < -0.3 is 5.32 Å². The third kappa shape index (κ3) is 1.18. The monoisotopic (exact) mass is 139 g/mol. The third-order valence-corrected chi connectivity index (χ3v) is 2.52. The summed E-state index contributed by atoms with van der Waals surface area (Å²) >= 11 is 0. The molecule has 2 aliphatic rings. The summed E-state index contributed by atoms with van der Waals surface area (Å²) in [7, 11) is 0. The molecule has 0 amide bonds.